The van der Waals surface area contributed by atoms with Gasteiger partial charge in [0.25, 0.3) is 0 Å². The number of carbonyl (C=O) groups is 2. The SMILES string of the molecule is CC(C)(C)OCCC(NC(=O)Cc1csc2ccccc12)C(=O)O. The molecule has 130 valence electrons. The minimum Gasteiger partial charge on any atom is -0.480 e. The molecule has 0 aliphatic carbocycles. The maximum absolute atomic E-state index is 12.2. The van der Waals surface area contributed by atoms with Crippen LogP contribution in [0.3, 0.4) is 0 Å². The maximum atomic E-state index is 12.2. The van der Waals surface area contributed by atoms with Crippen molar-refractivity contribution < 1.29 is 19.4 Å². The van der Waals surface area contributed by atoms with Gasteiger partial charge in [0, 0.05) is 17.7 Å². The molecule has 2 aromatic rings. The molecule has 1 heterocycles. The van der Waals surface area contributed by atoms with Crippen LogP contribution in [-0.4, -0.2) is 35.2 Å². The van der Waals surface area contributed by atoms with Crippen molar-refractivity contribution in [2.45, 2.75) is 45.3 Å². The number of thiophene rings is 1. The van der Waals surface area contributed by atoms with Crippen LogP contribution in [0.15, 0.2) is 29.6 Å². The Morgan fingerprint density at radius 2 is 2.00 bits per heavy atom. The van der Waals surface area contributed by atoms with Crippen molar-refractivity contribution in [2.24, 2.45) is 0 Å². The molecule has 2 N–H and O–H groups in total. The molecule has 6 heteroatoms. The van der Waals surface area contributed by atoms with Crippen molar-refractivity contribution in [1.82, 2.24) is 5.32 Å². The topological polar surface area (TPSA) is 75.6 Å². The molecule has 5 nitrogen and oxygen atoms in total. The van der Waals surface area contributed by atoms with E-state index in [0.717, 1.165) is 15.6 Å². The van der Waals surface area contributed by atoms with E-state index in [1.807, 2.05) is 50.4 Å². The number of rotatable bonds is 7. The molecular formula is C18H23NO4S. The van der Waals surface area contributed by atoms with Crippen molar-refractivity contribution in [3.8, 4) is 0 Å². The number of carbonyl (C=O) groups excluding carboxylic acids is 1. The Bertz CT molecular complexity index is 717. The van der Waals surface area contributed by atoms with E-state index in [2.05, 4.69) is 5.32 Å². The number of carboxylic acids is 1. The molecule has 0 aliphatic rings. The van der Waals surface area contributed by atoms with Crippen LogP contribution in [0.4, 0.5) is 0 Å². The fraction of sp³-hybridized carbons (Fsp3) is 0.444. The Kier molecular flexibility index (Phi) is 5.96. The summed E-state index contributed by atoms with van der Waals surface area (Å²) in [6, 6.07) is 6.93. The number of ether oxygens (including phenoxy) is 1. The minimum absolute atomic E-state index is 0.175. The predicted molar refractivity (Wildman–Crippen MR) is 95.4 cm³/mol. The van der Waals surface area contributed by atoms with Gasteiger partial charge in [0.2, 0.25) is 5.91 Å². The molecule has 1 aromatic heterocycles. The first kappa shape index (κ1) is 18.4. The highest BCUT2D eigenvalue weighted by molar-refractivity contribution is 7.17. The first-order chi connectivity index (χ1) is 11.3. The number of fused-ring (bicyclic) bond motifs is 1. The van der Waals surface area contributed by atoms with Crippen molar-refractivity contribution >= 4 is 33.3 Å². The van der Waals surface area contributed by atoms with Gasteiger partial charge in [-0.2, -0.15) is 0 Å². The number of amides is 1. The van der Waals surface area contributed by atoms with E-state index in [0.29, 0.717) is 0 Å². The van der Waals surface area contributed by atoms with E-state index in [-0.39, 0.29) is 31.0 Å². The molecule has 0 radical (unpaired) electrons. The van der Waals surface area contributed by atoms with Crippen LogP contribution in [0.5, 0.6) is 0 Å². The standard InChI is InChI=1S/C18H23NO4S/c1-18(2,3)23-9-8-14(17(21)22)19-16(20)10-12-11-24-15-7-5-4-6-13(12)15/h4-7,11,14H,8-10H2,1-3H3,(H,19,20)(H,21,22). The first-order valence-electron chi connectivity index (χ1n) is 7.87. The molecule has 0 bridgehead atoms. The summed E-state index contributed by atoms with van der Waals surface area (Å²) < 4.78 is 6.66. The highest BCUT2D eigenvalue weighted by atomic mass is 32.1. The molecule has 1 aromatic carbocycles. The van der Waals surface area contributed by atoms with E-state index < -0.39 is 12.0 Å². The van der Waals surface area contributed by atoms with E-state index in [1.54, 1.807) is 11.3 Å². The lowest BCUT2D eigenvalue weighted by atomic mass is 10.1. The third-order valence-electron chi connectivity index (χ3n) is 3.49. The quantitative estimate of drug-likeness (QED) is 0.805. The van der Waals surface area contributed by atoms with Crippen LogP contribution in [-0.2, 0) is 20.7 Å². The highest BCUT2D eigenvalue weighted by Gasteiger charge is 2.21. The number of nitrogens with one attached hydrogen (secondary N) is 1. The van der Waals surface area contributed by atoms with Crippen LogP contribution >= 0.6 is 11.3 Å². The molecule has 0 fully saturated rings. The van der Waals surface area contributed by atoms with Gasteiger partial charge in [-0.15, -0.1) is 11.3 Å². The summed E-state index contributed by atoms with van der Waals surface area (Å²) >= 11 is 1.58. The van der Waals surface area contributed by atoms with Crippen LogP contribution in [0, 0.1) is 0 Å². The van der Waals surface area contributed by atoms with E-state index in [1.165, 1.54) is 0 Å². The lowest BCUT2D eigenvalue weighted by Crippen LogP contribution is -2.42. The van der Waals surface area contributed by atoms with Crippen LogP contribution in [0.2, 0.25) is 0 Å². The van der Waals surface area contributed by atoms with Gasteiger partial charge in [0.1, 0.15) is 6.04 Å². The molecule has 1 unspecified atom stereocenters. The monoisotopic (exact) mass is 349 g/mol. The Balaban J connectivity index is 1.94. The summed E-state index contributed by atoms with van der Waals surface area (Å²) in [7, 11) is 0. The van der Waals surface area contributed by atoms with E-state index in [4.69, 9.17) is 4.74 Å². The molecule has 24 heavy (non-hydrogen) atoms. The lowest BCUT2D eigenvalue weighted by molar-refractivity contribution is -0.142. The molecule has 1 atom stereocenters. The summed E-state index contributed by atoms with van der Waals surface area (Å²) in [4.78, 5) is 23.6. The molecule has 1 amide bonds. The second-order valence-corrected chi connectivity index (χ2v) is 7.55. The van der Waals surface area contributed by atoms with Crippen LogP contribution in [0.1, 0.15) is 32.8 Å². The fourth-order valence-electron chi connectivity index (χ4n) is 2.33. The molecule has 2 rings (SSSR count). The fourth-order valence-corrected chi connectivity index (χ4v) is 3.29. The zero-order valence-corrected chi connectivity index (χ0v) is 15.0. The number of hydrogen-bond acceptors (Lipinski definition) is 4. The summed E-state index contributed by atoms with van der Waals surface area (Å²) in [5.41, 5.74) is 0.589. The van der Waals surface area contributed by atoms with Crippen molar-refractivity contribution in [3.63, 3.8) is 0 Å². The van der Waals surface area contributed by atoms with Gasteiger partial charge < -0.3 is 15.2 Å². The summed E-state index contributed by atoms with van der Waals surface area (Å²) in [5.74, 6) is -1.34. The molecule has 0 aliphatic heterocycles. The van der Waals surface area contributed by atoms with Crippen molar-refractivity contribution in [3.05, 3.63) is 35.2 Å². The van der Waals surface area contributed by atoms with Crippen LogP contribution in [0.25, 0.3) is 10.1 Å². The van der Waals surface area contributed by atoms with Crippen LogP contribution < -0.4 is 5.32 Å². The average Bonchev–Trinajstić information content (AvgIpc) is 2.88. The third kappa shape index (κ3) is 5.32. The second kappa shape index (κ2) is 7.77. The number of benzene rings is 1. The summed E-state index contributed by atoms with van der Waals surface area (Å²) in [6.07, 6.45) is 0.413. The van der Waals surface area contributed by atoms with Crippen molar-refractivity contribution in [2.75, 3.05) is 6.61 Å². The van der Waals surface area contributed by atoms with Gasteiger partial charge in [-0.05, 0) is 43.2 Å². The predicted octanol–water partition coefficient (Wildman–Crippen LogP) is 3.22. The molecule has 0 saturated carbocycles. The number of carboxylic acid groups (broad SMARTS) is 1. The Hall–Kier alpha value is -1.92. The zero-order chi connectivity index (χ0) is 17.7. The van der Waals surface area contributed by atoms with Gasteiger partial charge in [-0.25, -0.2) is 4.79 Å². The second-order valence-electron chi connectivity index (χ2n) is 6.64. The number of hydrogen-bond donors (Lipinski definition) is 2. The lowest BCUT2D eigenvalue weighted by Gasteiger charge is -2.21. The Morgan fingerprint density at radius 1 is 1.29 bits per heavy atom. The van der Waals surface area contributed by atoms with Crippen molar-refractivity contribution in [1.29, 1.82) is 0 Å². The molecule has 0 saturated heterocycles. The Morgan fingerprint density at radius 3 is 2.67 bits per heavy atom. The molecule has 0 spiro atoms. The minimum atomic E-state index is -1.05. The van der Waals surface area contributed by atoms with E-state index in [9.17, 15) is 14.7 Å². The number of aliphatic carboxylic acids is 1. The van der Waals surface area contributed by atoms with Gasteiger partial charge in [-0.1, -0.05) is 18.2 Å². The first-order valence-corrected chi connectivity index (χ1v) is 8.75. The van der Waals surface area contributed by atoms with Gasteiger partial charge in [0.15, 0.2) is 0 Å². The smallest absolute Gasteiger partial charge is 0.326 e. The average molecular weight is 349 g/mol. The van der Waals surface area contributed by atoms with Gasteiger partial charge >= 0.3 is 5.97 Å². The van der Waals surface area contributed by atoms with Gasteiger partial charge in [-0.3, -0.25) is 4.79 Å². The summed E-state index contributed by atoms with van der Waals surface area (Å²) in [6.45, 7) is 6.00. The van der Waals surface area contributed by atoms with Gasteiger partial charge in [0.05, 0.1) is 12.0 Å². The Labute approximate surface area is 145 Å². The summed E-state index contributed by atoms with van der Waals surface area (Å²) in [5, 5.41) is 14.9. The largest absolute Gasteiger partial charge is 0.480 e. The zero-order valence-electron chi connectivity index (χ0n) is 14.2. The highest BCUT2D eigenvalue weighted by Crippen LogP contribution is 2.25. The maximum Gasteiger partial charge on any atom is 0.326 e. The molecular weight excluding hydrogens is 326 g/mol. The normalized spacial score (nSPS) is 13.0. The third-order valence-corrected chi connectivity index (χ3v) is 4.50. The van der Waals surface area contributed by atoms with E-state index >= 15 is 0 Å².